The fraction of sp³-hybridized carbons (Fsp3) is 0.368. The zero-order valence-electron chi connectivity index (χ0n) is 15.2. The van der Waals surface area contributed by atoms with E-state index in [1.807, 2.05) is 0 Å². The van der Waals surface area contributed by atoms with Gasteiger partial charge in [0.15, 0.2) is 0 Å². The molecular weight excluding hydrogens is 400 g/mol. The van der Waals surface area contributed by atoms with Gasteiger partial charge in [-0.2, -0.15) is 0 Å². The highest BCUT2D eigenvalue weighted by molar-refractivity contribution is 9.10. The maximum absolute atomic E-state index is 12.3. The SMILES string of the molecule is COc1cccc([C@@H](O)[C@H](NC(=O)OC(C)(C)C)c2cccc(Br)n2)c1. The molecule has 0 fully saturated rings. The summed E-state index contributed by atoms with van der Waals surface area (Å²) in [5.74, 6) is 0.611. The van der Waals surface area contributed by atoms with E-state index in [0.29, 0.717) is 21.6 Å². The summed E-state index contributed by atoms with van der Waals surface area (Å²) < 4.78 is 11.1. The highest BCUT2D eigenvalue weighted by Gasteiger charge is 2.28. The van der Waals surface area contributed by atoms with E-state index in [1.165, 1.54) is 0 Å². The zero-order valence-corrected chi connectivity index (χ0v) is 16.8. The molecule has 0 aliphatic heterocycles. The number of nitrogens with one attached hydrogen (secondary N) is 1. The maximum Gasteiger partial charge on any atom is 0.408 e. The normalized spacial score (nSPS) is 13.6. The summed E-state index contributed by atoms with van der Waals surface area (Å²) in [5.41, 5.74) is 0.438. The van der Waals surface area contributed by atoms with E-state index in [-0.39, 0.29) is 0 Å². The molecule has 0 radical (unpaired) electrons. The minimum Gasteiger partial charge on any atom is -0.497 e. The van der Waals surface area contributed by atoms with Gasteiger partial charge in [-0.25, -0.2) is 9.78 Å². The van der Waals surface area contributed by atoms with Crippen LogP contribution in [0.25, 0.3) is 0 Å². The zero-order chi connectivity index (χ0) is 19.3. The van der Waals surface area contributed by atoms with Crippen molar-refractivity contribution in [2.24, 2.45) is 0 Å². The van der Waals surface area contributed by atoms with Crippen molar-refractivity contribution in [1.29, 1.82) is 0 Å². The number of pyridine rings is 1. The Morgan fingerprint density at radius 3 is 2.54 bits per heavy atom. The lowest BCUT2D eigenvalue weighted by molar-refractivity contribution is 0.0415. The third-order valence-electron chi connectivity index (χ3n) is 3.48. The topological polar surface area (TPSA) is 80.7 Å². The summed E-state index contributed by atoms with van der Waals surface area (Å²) >= 11 is 3.32. The Morgan fingerprint density at radius 1 is 1.23 bits per heavy atom. The summed E-state index contributed by atoms with van der Waals surface area (Å²) in [6, 6.07) is 11.5. The summed E-state index contributed by atoms with van der Waals surface area (Å²) in [7, 11) is 1.55. The molecule has 1 aromatic carbocycles. The number of amides is 1. The molecule has 1 heterocycles. The second-order valence-corrected chi connectivity index (χ2v) is 7.54. The quantitative estimate of drug-likeness (QED) is 0.707. The van der Waals surface area contributed by atoms with Crippen LogP contribution in [-0.2, 0) is 4.74 Å². The number of hydrogen-bond acceptors (Lipinski definition) is 5. The first-order valence-electron chi connectivity index (χ1n) is 8.13. The Hall–Kier alpha value is -2.12. The van der Waals surface area contributed by atoms with Crippen LogP contribution in [0.15, 0.2) is 47.1 Å². The Bertz CT molecular complexity index is 761. The molecule has 2 atom stereocenters. The molecule has 2 N–H and O–H groups in total. The molecule has 0 saturated heterocycles. The number of rotatable bonds is 5. The van der Waals surface area contributed by atoms with E-state index in [0.717, 1.165) is 0 Å². The molecule has 2 rings (SSSR count). The van der Waals surface area contributed by atoms with Gasteiger partial charge in [0.25, 0.3) is 0 Å². The van der Waals surface area contributed by atoms with Gasteiger partial charge >= 0.3 is 6.09 Å². The van der Waals surface area contributed by atoms with Gasteiger partial charge in [-0.15, -0.1) is 0 Å². The molecule has 0 unspecified atom stereocenters. The van der Waals surface area contributed by atoms with E-state index in [4.69, 9.17) is 9.47 Å². The molecule has 140 valence electrons. The van der Waals surface area contributed by atoms with Crippen LogP contribution in [0.1, 0.15) is 44.2 Å². The van der Waals surface area contributed by atoms with E-state index in [2.05, 4.69) is 26.2 Å². The first kappa shape index (κ1) is 20.2. The van der Waals surface area contributed by atoms with Gasteiger partial charge < -0.3 is 19.9 Å². The number of carbonyl (C=O) groups is 1. The third kappa shape index (κ3) is 5.71. The number of ether oxygens (including phenoxy) is 2. The average Bonchev–Trinajstić information content (AvgIpc) is 2.57. The van der Waals surface area contributed by atoms with Crippen molar-refractivity contribution in [3.63, 3.8) is 0 Å². The Labute approximate surface area is 161 Å². The van der Waals surface area contributed by atoms with Crippen molar-refractivity contribution in [1.82, 2.24) is 10.3 Å². The van der Waals surface area contributed by atoms with Gasteiger partial charge in [-0.3, -0.25) is 0 Å². The first-order valence-corrected chi connectivity index (χ1v) is 8.93. The van der Waals surface area contributed by atoms with Crippen molar-refractivity contribution in [2.75, 3.05) is 7.11 Å². The number of methoxy groups -OCH3 is 1. The van der Waals surface area contributed by atoms with Crippen LogP contribution < -0.4 is 10.1 Å². The average molecular weight is 423 g/mol. The molecule has 0 bridgehead atoms. The number of aromatic nitrogens is 1. The van der Waals surface area contributed by atoms with Crippen LogP contribution in [-0.4, -0.2) is 28.9 Å². The van der Waals surface area contributed by atoms with E-state index in [9.17, 15) is 9.90 Å². The molecule has 7 heteroatoms. The smallest absolute Gasteiger partial charge is 0.408 e. The standard InChI is InChI=1S/C19H23BrN2O4/c1-19(2,3)26-18(24)22-16(14-9-6-10-15(20)21-14)17(23)12-7-5-8-13(11-12)25-4/h5-11,16-17,23H,1-4H3,(H,22,24)/t16-,17-/m1/s1. The Morgan fingerprint density at radius 2 is 1.92 bits per heavy atom. The van der Waals surface area contributed by atoms with E-state index >= 15 is 0 Å². The third-order valence-corrected chi connectivity index (χ3v) is 3.92. The second kappa shape index (κ2) is 8.51. The van der Waals surface area contributed by atoms with Crippen molar-refractivity contribution in [3.05, 3.63) is 58.3 Å². The lowest BCUT2D eigenvalue weighted by Crippen LogP contribution is -2.37. The molecule has 6 nitrogen and oxygen atoms in total. The minimum absolute atomic E-state index is 0.501. The van der Waals surface area contributed by atoms with Gasteiger partial charge in [-0.1, -0.05) is 18.2 Å². The van der Waals surface area contributed by atoms with Crippen molar-refractivity contribution in [3.8, 4) is 5.75 Å². The van der Waals surface area contributed by atoms with Crippen molar-refractivity contribution in [2.45, 2.75) is 38.5 Å². The van der Waals surface area contributed by atoms with Gasteiger partial charge in [0.2, 0.25) is 0 Å². The molecular formula is C19H23BrN2O4. The predicted octanol–water partition coefficient (Wildman–Crippen LogP) is 4.15. The van der Waals surface area contributed by atoms with E-state index < -0.39 is 23.8 Å². The number of benzene rings is 1. The van der Waals surface area contributed by atoms with Crippen molar-refractivity contribution >= 4 is 22.0 Å². The Kier molecular flexibility index (Phi) is 6.61. The van der Waals surface area contributed by atoms with Crippen LogP contribution >= 0.6 is 15.9 Å². The molecule has 0 saturated carbocycles. The van der Waals surface area contributed by atoms with Gasteiger partial charge in [-0.05, 0) is 66.5 Å². The largest absolute Gasteiger partial charge is 0.497 e. The van der Waals surface area contributed by atoms with Gasteiger partial charge in [0.05, 0.1) is 12.8 Å². The lowest BCUT2D eigenvalue weighted by atomic mass is 9.99. The fourth-order valence-electron chi connectivity index (χ4n) is 2.36. The number of alkyl carbamates (subject to hydrolysis) is 1. The van der Waals surface area contributed by atoms with Crippen LogP contribution in [0.3, 0.4) is 0 Å². The van der Waals surface area contributed by atoms with Crippen LogP contribution in [0, 0.1) is 0 Å². The second-order valence-electron chi connectivity index (χ2n) is 6.73. The fourth-order valence-corrected chi connectivity index (χ4v) is 2.72. The molecule has 1 amide bonds. The monoisotopic (exact) mass is 422 g/mol. The lowest BCUT2D eigenvalue weighted by Gasteiger charge is -2.27. The number of aliphatic hydroxyl groups is 1. The van der Waals surface area contributed by atoms with Crippen molar-refractivity contribution < 1.29 is 19.4 Å². The molecule has 26 heavy (non-hydrogen) atoms. The van der Waals surface area contributed by atoms with Gasteiger partial charge in [0, 0.05) is 0 Å². The molecule has 2 aromatic rings. The number of nitrogens with zero attached hydrogens (tertiary/aromatic N) is 1. The molecule has 0 aliphatic rings. The molecule has 1 aromatic heterocycles. The maximum atomic E-state index is 12.3. The summed E-state index contributed by atoms with van der Waals surface area (Å²) in [6.07, 6.45) is -1.68. The van der Waals surface area contributed by atoms with Crippen LogP contribution in [0.4, 0.5) is 4.79 Å². The highest BCUT2D eigenvalue weighted by Crippen LogP contribution is 2.30. The minimum atomic E-state index is -1.04. The predicted molar refractivity (Wildman–Crippen MR) is 102 cm³/mol. The number of aliphatic hydroxyl groups excluding tert-OH is 1. The summed E-state index contributed by atoms with van der Waals surface area (Å²) in [5, 5.41) is 13.6. The Balaban J connectivity index is 2.34. The van der Waals surface area contributed by atoms with Crippen LogP contribution in [0.5, 0.6) is 5.75 Å². The molecule has 0 aliphatic carbocycles. The van der Waals surface area contributed by atoms with E-state index in [1.54, 1.807) is 70.3 Å². The number of hydrogen-bond donors (Lipinski definition) is 2. The molecule has 0 spiro atoms. The first-order chi connectivity index (χ1) is 12.2. The summed E-state index contributed by atoms with van der Waals surface area (Å²) in [4.78, 5) is 16.6. The van der Waals surface area contributed by atoms with Gasteiger partial charge in [0.1, 0.15) is 28.1 Å². The number of halogens is 1. The number of carbonyl (C=O) groups excluding carboxylic acids is 1. The highest BCUT2D eigenvalue weighted by atomic mass is 79.9. The van der Waals surface area contributed by atoms with Crippen LogP contribution in [0.2, 0.25) is 0 Å². The summed E-state index contributed by atoms with van der Waals surface area (Å²) in [6.45, 7) is 5.33.